The van der Waals surface area contributed by atoms with Gasteiger partial charge in [0.2, 0.25) is 11.8 Å². The zero-order valence-electron chi connectivity index (χ0n) is 16.2. The number of rotatable bonds is 7. The highest BCUT2D eigenvalue weighted by atomic mass is 16.2. The summed E-state index contributed by atoms with van der Waals surface area (Å²) in [5.74, 6) is 0.623. The van der Waals surface area contributed by atoms with Gasteiger partial charge in [0.05, 0.1) is 12.1 Å². The van der Waals surface area contributed by atoms with E-state index in [4.69, 9.17) is 0 Å². The van der Waals surface area contributed by atoms with Gasteiger partial charge in [-0.15, -0.1) is 0 Å². The predicted octanol–water partition coefficient (Wildman–Crippen LogP) is 2.53. The predicted molar refractivity (Wildman–Crippen MR) is 97.7 cm³/mol. The fraction of sp³-hybridized carbons (Fsp3) is 0.737. The molecular weight excluding hydrogens is 316 g/mol. The largest absolute Gasteiger partial charge is 0.339 e. The van der Waals surface area contributed by atoms with E-state index in [-0.39, 0.29) is 23.8 Å². The van der Waals surface area contributed by atoms with E-state index in [0.717, 1.165) is 18.7 Å². The second-order valence-corrected chi connectivity index (χ2v) is 7.38. The molecule has 2 heterocycles. The van der Waals surface area contributed by atoms with Gasteiger partial charge in [-0.1, -0.05) is 13.8 Å². The zero-order chi connectivity index (χ0) is 18.6. The smallest absolute Gasteiger partial charge is 0.228 e. The Labute approximate surface area is 151 Å². The van der Waals surface area contributed by atoms with Crippen molar-refractivity contribution in [1.29, 1.82) is 0 Å². The Kier molecular flexibility index (Phi) is 6.62. The minimum Gasteiger partial charge on any atom is -0.339 e. The van der Waals surface area contributed by atoms with Crippen LogP contribution in [0.5, 0.6) is 0 Å². The lowest BCUT2D eigenvalue weighted by atomic mass is 9.87. The molecule has 0 saturated carbocycles. The van der Waals surface area contributed by atoms with E-state index < -0.39 is 0 Å². The lowest BCUT2D eigenvalue weighted by molar-refractivity contribution is -0.147. The molecular formula is C19H32N4O2. The first-order chi connectivity index (χ1) is 11.9. The third kappa shape index (κ3) is 4.61. The van der Waals surface area contributed by atoms with Crippen LogP contribution in [0.1, 0.15) is 53.0 Å². The van der Waals surface area contributed by atoms with Crippen molar-refractivity contribution in [3.8, 4) is 0 Å². The summed E-state index contributed by atoms with van der Waals surface area (Å²) < 4.78 is 1.87. The molecule has 2 amide bonds. The van der Waals surface area contributed by atoms with Crippen molar-refractivity contribution in [3.63, 3.8) is 0 Å². The number of likely N-dealkylation sites (tertiary alicyclic amines) is 1. The fourth-order valence-corrected chi connectivity index (χ4v) is 3.56. The van der Waals surface area contributed by atoms with Gasteiger partial charge in [-0.2, -0.15) is 5.10 Å². The summed E-state index contributed by atoms with van der Waals surface area (Å²) in [6, 6.07) is -0.0384. The van der Waals surface area contributed by atoms with E-state index in [1.54, 1.807) is 0 Å². The van der Waals surface area contributed by atoms with Gasteiger partial charge in [-0.05, 0) is 33.1 Å². The minimum atomic E-state index is -0.113. The summed E-state index contributed by atoms with van der Waals surface area (Å²) in [5.41, 5.74) is 1.05. The Bertz CT molecular complexity index is 596. The van der Waals surface area contributed by atoms with Crippen molar-refractivity contribution >= 4 is 11.8 Å². The summed E-state index contributed by atoms with van der Waals surface area (Å²) in [6.45, 7) is 13.1. The van der Waals surface area contributed by atoms with Crippen molar-refractivity contribution in [3.05, 3.63) is 18.0 Å². The minimum absolute atomic E-state index is 0.0384. The summed E-state index contributed by atoms with van der Waals surface area (Å²) in [7, 11) is 0. The number of carbonyl (C=O) groups is 2. The number of carbonyl (C=O) groups excluding carboxylic acids is 2. The van der Waals surface area contributed by atoms with E-state index in [1.807, 2.05) is 47.6 Å². The van der Waals surface area contributed by atoms with Crippen molar-refractivity contribution < 1.29 is 9.59 Å². The normalized spacial score (nSPS) is 21.0. The number of aryl methyl sites for hydroxylation is 1. The molecule has 0 N–H and O–H groups in total. The highest BCUT2D eigenvalue weighted by Crippen LogP contribution is 2.27. The van der Waals surface area contributed by atoms with Gasteiger partial charge in [-0.3, -0.25) is 14.3 Å². The standard InChI is InChI=1S/C19H32N4O2/c1-6-21(12-16-10-20-22(7-2)13-16)19(25)17-8-9-18(24)23(15(17)5)11-14(3)4/h10,13-15,17H,6-9,11-12H2,1-5H3/t15-,17-/m1/s1. The number of amides is 2. The Morgan fingerprint density at radius 1 is 1.40 bits per heavy atom. The molecule has 1 aromatic heterocycles. The van der Waals surface area contributed by atoms with Crippen LogP contribution in [0, 0.1) is 11.8 Å². The Hall–Kier alpha value is -1.85. The first kappa shape index (κ1) is 19.5. The third-order valence-electron chi connectivity index (χ3n) is 5.02. The number of hydrogen-bond acceptors (Lipinski definition) is 3. The summed E-state index contributed by atoms with van der Waals surface area (Å²) >= 11 is 0. The van der Waals surface area contributed by atoms with Crippen molar-refractivity contribution in [2.24, 2.45) is 11.8 Å². The average Bonchev–Trinajstić information content (AvgIpc) is 3.03. The molecule has 0 aromatic carbocycles. The molecule has 1 fully saturated rings. The summed E-state index contributed by atoms with van der Waals surface area (Å²) in [4.78, 5) is 29.2. The highest BCUT2D eigenvalue weighted by molar-refractivity contribution is 5.84. The van der Waals surface area contributed by atoms with E-state index in [9.17, 15) is 9.59 Å². The fourth-order valence-electron chi connectivity index (χ4n) is 3.56. The topological polar surface area (TPSA) is 58.4 Å². The molecule has 2 rings (SSSR count). The Morgan fingerprint density at radius 2 is 2.12 bits per heavy atom. The number of piperidine rings is 1. The van der Waals surface area contributed by atoms with Crippen LogP contribution in [-0.2, 0) is 22.7 Å². The quantitative estimate of drug-likeness (QED) is 0.761. The molecule has 25 heavy (non-hydrogen) atoms. The molecule has 6 nitrogen and oxygen atoms in total. The number of nitrogens with zero attached hydrogens (tertiary/aromatic N) is 4. The SMILES string of the molecule is CCN(Cc1cnn(CC)c1)C(=O)[C@@H]1CCC(=O)N(CC(C)C)[C@@H]1C. The van der Waals surface area contributed by atoms with Crippen molar-refractivity contribution in [2.75, 3.05) is 13.1 Å². The van der Waals surface area contributed by atoms with Gasteiger partial charge in [-0.25, -0.2) is 0 Å². The van der Waals surface area contributed by atoms with E-state index in [2.05, 4.69) is 18.9 Å². The van der Waals surface area contributed by atoms with Gasteiger partial charge in [0.1, 0.15) is 0 Å². The van der Waals surface area contributed by atoms with Crippen molar-refractivity contribution in [1.82, 2.24) is 19.6 Å². The Morgan fingerprint density at radius 3 is 2.68 bits per heavy atom. The number of hydrogen-bond donors (Lipinski definition) is 0. The zero-order valence-corrected chi connectivity index (χ0v) is 16.2. The average molecular weight is 348 g/mol. The second-order valence-electron chi connectivity index (χ2n) is 7.38. The second kappa shape index (κ2) is 8.50. The van der Waals surface area contributed by atoms with Gasteiger partial charge in [0.15, 0.2) is 0 Å². The van der Waals surface area contributed by atoms with Crippen LogP contribution < -0.4 is 0 Å². The lowest BCUT2D eigenvalue weighted by Crippen LogP contribution is -2.53. The monoisotopic (exact) mass is 348 g/mol. The van der Waals surface area contributed by atoms with Gasteiger partial charge in [0.25, 0.3) is 0 Å². The first-order valence-electron chi connectivity index (χ1n) is 9.46. The summed E-state index contributed by atoms with van der Waals surface area (Å²) in [6.07, 6.45) is 4.95. The first-order valence-corrected chi connectivity index (χ1v) is 9.46. The molecule has 1 aliphatic heterocycles. The van der Waals surface area contributed by atoms with Gasteiger partial charge < -0.3 is 9.80 Å². The molecule has 0 spiro atoms. The van der Waals surface area contributed by atoms with Gasteiger partial charge in [0, 0.05) is 50.4 Å². The molecule has 140 valence electrons. The van der Waals surface area contributed by atoms with E-state index in [0.29, 0.717) is 31.8 Å². The molecule has 0 radical (unpaired) electrons. The third-order valence-corrected chi connectivity index (χ3v) is 5.02. The van der Waals surface area contributed by atoms with E-state index in [1.165, 1.54) is 0 Å². The Balaban J connectivity index is 2.08. The lowest BCUT2D eigenvalue weighted by Gasteiger charge is -2.41. The molecule has 2 atom stereocenters. The molecule has 6 heteroatoms. The van der Waals surface area contributed by atoms with Crippen LogP contribution in [0.4, 0.5) is 0 Å². The van der Waals surface area contributed by atoms with Crippen LogP contribution in [0.2, 0.25) is 0 Å². The molecule has 0 bridgehead atoms. The summed E-state index contributed by atoms with van der Waals surface area (Å²) in [5, 5.41) is 4.29. The van der Waals surface area contributed by atoms with Crippen LogP contribution in [0.3, 0.4) is 0 Å². The van der Waals surface area contributed by atoms with Gasteiger partial charge >= 0.3 is 0 Å². The molecule has 1 aromatic rings. The number of aromatic nitrogens is 2. The van der Waals surface area contributed by atoms with Crippen LogP contribution in [0.25, 0.3) is 0 Å². The maximum atomic E-state index is 13.1. The van der Waals surface area contributed by atoms with E-state index >= 15 is 0 Å². The van der Waals surface area contributed by atoms with Crippen LogP contribution >= 0.6 is 0 Å². The highest BCUT2D eigenvalue weighted by Gasteiger charge is 2.38. The molecule has 0 unspecified atom stereocenters. The molecule has 1 saturated heterocycles. The van der Waals surface area contributed by atoms with Crippen LogP contribution in [-0.4, -0.2) is 50.5 Å². The maximum Gasteiger partial charge on any atom is 0.228 e. The van der Waals surface area contributed by atoms with Crippen molar-refractivity contribution in [2.45, 2.75) is 66.6 Å². The molecule has 1 aliphatic rings. The maximum absolute atomic E-state index is 13.1. The van der Waals surface area contributed by atoms with Crippen LogP contribution in [0.15, 0.2) is 12.4 Å². The molecule has 0 aliphatic carbocycles.